The van der Waals surface area contributed by atoms with Crippen LogP contribution in [0.5, 0.6) is 0 Å². The Morgan fingerprint density at radius 1 is 1.15 bits per heavy atom. The number of hydrogen-bond donors (Lipinski definition) is 1. The van der Waals surface area contributed by atoms with E-state index in [0.29, 0.717) is 11.5 Å². The topological polar surface area (TPSA) is 75.6 Å². The monoisotopic (exact) mass is 262 g/mol. The van der Waals surface area contributed by atoms with Crippen molar-refractivity contribution in [1.29, 1.82) is 5.26 Å². The minimum absolute atomic E-state index is 0.0503. The number of nitrogens with two attached hydrogens (primary N) is 1. The van der Waals surface area contributed by atoms with Gasteiger partial charge in [-0.25, -0.2) is 9.97 Å². The second kappa shape index (κ2) is 5.86. The molecule has 2 N–H and O–H groups in total. The number of nitrogen functional groups attached to an aromatic ring is 1. The maximum absolute atomic E-state index is 8.66. The molecule has 0 amide bonds. The molecule has 0 aliphatic carbocycles. The van der Waals surface area contributed by atoms with Crippen LogP contribution in [0.1, 0.15) is 42.3 Å². The zero-order chi connectivity index (χ0) is 14.5. The fourth-order valence-electron chi connectivity index (χ4n) is 1.64. The smallest absolute Gasteiger partial charge is 0.234 e. The largest absolute Gasteiger partial charge is 0.383 e. The molecule has 0 saturated carbocycles. The lowest BCUT2D eigenvalue weighted by Crippen LogP contribution is -1.99. The molecular formula is C16H14N4. The van der Waals surface area contributed by atoms with Crippen molar-refractivity contribution in [1.82, 2.24) is 9.97 Å². The van der Waals surface area contributed by atoms with Crippen LogP contribution in [-0.2, 0) is 0 Å². The maximum Gasteiger partial charge on any atom is 0.234 e. The van der Waals surface area contributed by atoms with E-state index < -0.39 is 0 Å². The summed E-state index contributed by atoms with van der Waals surface area (Å²) in [6, 6.07) is 9.91. The van der Waals surface area contributed by atoms with Gasteiger partial charge in [0.25, 0.3) is 0 Å². The van der Waals surface area contributed by atoms with Crippen molar-refractivity contribution in [2.45, 2.75) is 19.8 Å². The van der Waals surface area contributed by atoms with Crippen LogP contribution in [0.25, 0.3) is 0 Å². The zero-order valence-electron chi connectivity index (χ0n) is 11.4. The maximum atomic E-state index is 8.66. The second-order valence-electron chi connectivity index (χ2n) is 4.63. The lowest BCUT2D eigenvalue weighted by molar-refractivity contribution is 0.866. The lowest BCUT2D eigenvalue weighted by atomic mass is 10.0. The van der Waals surface area contributed by atoms with Gasteiger partial charge < -0.3 is 5.73 Å². The van der Waals surface area contributed by atoms with Gasteiger partial charge in [0, 0.05) is 11.8 Å². The molecule has 0 aliphatic heterocycles. The summed E-state index contributed by atoms with van der Waals surface area (Å²) in [6.45, 7) is 4.30. The average molecular weight is 262 g/mol. The molecule has 0 unspecified atom stereocenters. The van der Waals surface area contributed by atoms with Gasteiger partial charge in [-0.2, -0.15) is 5.26 Å². The number of anilines is 1. The summed E-state index contributed by atoms with van der Waals surface area (Å²) in [6.07, 6.45) is 1.47. The number of hydrogen-bond acceptors (Lipinski definition) is 4. The third-order valence-electron chi connectivity index (χ3n) is 2.84. The first-order valence-electron chi connectivity index (χ1n) is 6.24. The van der Waals surface area contributed by atoms with Crippen LogP contribution < -0.4 is 5.73 Å². The minimum atomic E-state index is 0.0503. The standard InChI is InChI=1S/C16H14N4/c1-11(2)13-6-3-12(4-7-13)5-8-14-10-19-15(9-17)20-16(14)18/h3-4,6-7,10-11H,1-2H3,(H2,18,19,20). The van der Waals surface area contributed by atoms with Crippen LogP contribution in [0.15, 0.2) is 30.5 Å². The summed E-state index contributed by atoms with van der Waals surface area (Å²) in [5.41, 5.74) is 8.42. The van der Waals surface area contributed by atoms with Crippen molar-refractivity contribution in [2.75, 3.05) is 5.73 Å². The van der Waals surface area contributed by atoms with E-state index in [1.165, 1.54) is 11.8 Å². The van der Waals surface area contributed by atoms with E-state index in [-0.39, 0.29) is 11.6 Å². The molecule has 1 aromatic heterocycles. The molecule has 2 aromatic rings. The lowest BCUT2D eigenvalue weighted by Gasteiger charge is -2.03. The van der Waals surface area contributed by atoms with Gasteiger partial charge in [-0.1, -0.05) is 37.8 Å². The summed E-state index contributed by atoms with van der Waals surface area (Å²) in [4.78, 5) is 7.70. The predicted molar refractivity (Wildman–Crippen MR) is 77.7 cm³/mol. The summed E-state index contributed by atoms with van der Waals surface area (Å²) < 4.78 is 0. The fourth-order valence-corrected chi connectivity index (χ4v) is 1.64. The van der Waals surface area contributed by atoms with E-state index in [1.54, 1.807) is 0 Å². The van der Waals surface area contributed by atoms with Crippen molar-refractivity contribution >= 4 is 5.82 Å². The highest BCUT2D eigenvalue weighted by Crippen LogP contribution is 2.14. The molecule has 4 nitrogen and oxygen atoms in total. The molecule has 0 fully saturated rings. The van der Waals surface area contributed by atoms with Crippen molar-refractivity contribution in [2.24, 2.45) is 0 Å². The van der Waals surface area contributed by atoms with Gasteiger partial charge in [0.15, 0.2) is 0 Å². The number of nitrogens with zero attached hydrogens (tertiary/aromatic N) is 3. The van der Waals surface area contributed by atoms with Crippen LogP contribution >= 0.6 is 0 Å². The quantitative estimate of drug-likeness (QED) is 0.801. The van der Waals surface area contributed by atoms with E-state index in [2.05, 4.69) is 47.8 Å². The van der Waals surface area contributed by atoms with Crippen molar-refractivity contribution in [3.8, 4) is 17.9 Å². The van der Waals surface area contributed by atoms with E-state index in [4.69, 9.17) is 11.0 Å². The number of benzene rings is 1. The van der Waals surface area contributed by atoms with Gasteiger partial charge in [0.05, 0.1) is 5.56 Å². The molecule has 0 spiro atoms. The highest BCUT2D eigenvalue weighted by Gasteiger charge is 2.01. The average Bonchev–Trinajstić information content (AvgIpc) is 2.46. The Kier molecular flexibility index (Phi) is 3.98. The van der Waals surface area contributed by atoms with Crippen LogP contribution in [0, 0.1) is 23.2 Å². The van der Waals surface area contributed by atoms with E-state index in [1.807, 2.05) is 18.2 Å². The van der Waals surface area contributed by atoms with E-state index in [0.717, 1.165) is 5.56 Å². The van der Waals surface area contributed by atoms with Gasteiger partial charge in [0.2, 0.25) is 5.82 Å². The normalized spacial score (nSPS) is 9.70. The van der Waals surface area contributed by atoms with E-state index >= 15 is 0 Å². The molecular weight excluding hydrogens is 248 g/mol. The van der Waals surface area contributed by atoms with Crippen LogP contribution in [0.3, 0.4) is 0 Å². The van der Waals surface area contributed by atoms with Crippen LogP contribution in [0.2, 0.25) is 0 Å². The van der Waals surface area contributed by atoms with Gasteiger partial charge in [-0.05, 0) is 23.6 Å². The van der Waals surface area contributed by atoms with Gasteiger partial charge in [0.1, 0.15) is 11.9 Å². The minimum Gasteiger partial charge on any atom is -0.383 e. The molecule has 0 aliphatic rings. The Morgan fingerprint density at radius 2 is 1.85 bits per heavy atom. The van der Waals surface area contributed by atoms with Crippen LogP contribution in [-0.4, -0.2) is 9.97 Å². The summed E-state index contributed by atoms with van der Waals surface area (Å²) >= 11 is 0. The SMILES string of the molecule is CC(C)c1ccc(C#Cc2cnc(C#N)nc2N)cc1. The Labute approximate surface area is 118 Å². The van der Waals surface area contributed by atoms with Crippen molar-refractivity contribution in [3.63, 3.8) is 0 Å². The van der Waals surface area contributed by atoms with Gasteiger partial charge >= 0.3 is 0 Å². The first-order valence-corrected chi connectivity index (χ1v) is 6.24. The molecule has 0 saturated heterocycles. The summed E-state index contributed by atoms with van der Waals surface area (Å²) in [7, 11) is 0. The fraction of sp³-hybridized carbons (Fsp3) is 0.188. The Bertz CT molecular complexity index is 713. The molecule has 0 bridgehead atoms. The van der Waals surface area contributed by atoms with Crippen molar-refractivity contribution in [3.05, 3.63) is 53.0 Å². The van der Waals surface area contributed by atoms with Gasteiger partial charge in [-0.15, -0.1) is 0 Å². The second-order valence-corrected chi connectivity index (χ2v) is 4.63. The number of nitriles is 1. The Balaban J connectivity index is 2.25. The molecule has 20 heavy (non-hydrogen) atoms. The highest BCUT2D eigenvalue weighted by molar-refractivity contribution is 5.53. The molecule has 1 heterocycles. The molecule has 4 heteroatoms. The first-order chi connectivity index (χ1) is 9.60. The van der Waals surface area contributed by atoms with E-state index in [9.17, 15) is 0 Å². The number of rotatable bonds is 1. The Hall–Kier alpha value is -2.85. The molecule has 0 radical (unpaired) electrons. The summed E-state index contributed by atoms with van der Waals surface area (Å²) in [5.74, 6) is 6.71. The van der Waals surface area contributed by atoms with Crippen LogP contribution in [0.4, 0.5) is 5.82 Å². The molecule has 2 rings (SSSR count). The predicted octanol–water partition coefficient (Wildman–Crippen LogP) is 2.45. The first kappa shape index (κ1) is 13.6. The zero-order valence-corrected chi connectivity index (χ0v) is 11.4. The third kappa shape index (κ3) is 3.13. The molecule has 1 aromatic carbocycles. The number of aromatic nitrogens is 2. The van der Waals surface area contributed by atoms with Crippen molar-refractivity contribution < 1.29 is 0 Å². The Morgan fingerprint density at radius 3 is 2.40 bits per heavy atom. The summed E-state index contributed by atoms with van der Waals surface area (Å²) in [5, 5.41) is 8.66. The third-order valence-corrected chi connectivity index (χ3v) is 2.84. The molecule has 0 atom stereocenters. The van der Waals surface area contributed by atoms with Gasteiger partial charge in [-0.3, -0.25) is 0 Å². The molecule has 98 valence electrons. The highest BCUT2D eigenvalue weighted by atomic mass is 14.9.